The number of hydrogen-bond acceptors (Lipinski definition) is 2. The summed E-state index contributed by atoms with van der Waals surface area (Å²) in [5, 5.41) is 12.2. The highest BCUT2D eigenvalue weighted by Crippen LogP contribution is 2.51. The monoisotopic (exact) mass is 549 g/mol. The van der Waals surface area contributed by atoms with Gasteiger partial charge in [-0.3, -0.25) is 0 Å². The SMILES string of the molecule is CC12C=CC=CC1N(c1ccc3cc4oc5c(ccc6c7ccccc7c7ccccc7c65)c4cc3c1)c1ccccc12. The fraction of sp³-hybridized carbons (Fsp3) is 0.0732. The summed E-state index contributed by atoms with van der Waals surface area (Å²) >= 11 is 0. The Morgan fingerprint density at radius 2 is 1.30 bits per heavy atom. The summed E-state index contributed by atoms with van der Waals surface area (Å²) in [6, 6.07) is 42.5. The smallest absolute Gasteiger partial charge is 0.143 e. The van der Waals surface area contributed by atoms with Crippen molar-refractivity contribution >= 4 is 76.4 Å². The van der Waals surface area contributed by atoms with Crippen LogP contribution < -0.4 is 4.90 Å². The van der Waals surface area contributed by atoms with Gasteiger partial charge in [0, 0.05) is 32.9 Å². The van der Waals surface area contributed by atoms with E-state index < -0.39 is 0 Å². The summed E-state index contributed by atoms with van der Waals surface area (Å²) in [5.41, 5.74) is 5.71. The van der Waals surface area contributed by atoms with Crippen LogP contribution in [0, 0.1) is 0 Å². The van der Waals surface area contributed by atoms with Gasteiger partial charge in [-0.1, -0.05) is 103 Å². The lowest BCUT2D eigenvalue weighted by Crippen LogP contribution is -2.39. The van der Waals surface area contributed by atoms with Crippen LogP contribution in [0.1, 0.15) is 12.5 Å². The molecular formula is C41H27NO. The van der Waals surface area contributed by atoms with E-state index in [1.54, 1.807) is 0 Å². The van der Waals surface area contributed by atoms with E-state index in [1.807, 2.05) is 0 Å². The maximum atomic E-state index is 6.76. The normalized spacial score (nSPS) is 19.4. The molecule has 2 heterocycles. The predicted molar refractivity (Wildman–Crippen MR) is 182 cm³/mol. The Bertz CT molecular complexity index is 2510. The van der Waals surface area contributed by atoms with Gasteiger partial charge in [-0.2, -0.15) is 0 Å². The first kappa shape index (κ1) is 23.2. The maximum Gasteiger partial charge on any atom is 0.143 e. The molecule has 2 heteroatoms. The zero-order valence-electron chi connectivity index (χ0n) is 23.7. The van der Waals surface area contributed by atoms with Crippen LogP contribution in [0.2, 0.25) is 0 Å². The molecular weight excluding hydrogens is 522 g/mol. The standard InChI is InChI=1S/C41H27NO/c1-41-21-9-8-16-38(41)42(36-15-7-6-14-35(36)41)27-18-17-25-24-37-34(23-26(25)22-27)33-20-19-32-30-12-3-2-10-28(30)29-11-4-5-13-31(29)39(32)40(33)43-37/h2-24,38H,1H3. The molecule has 0 bridgehead atoms. The lowest BCUT2D eigenvalue weighted by atomic mass is 9.76. The lowest BCUT2D eigenvalue weighted by Gasteiger charge is -2.34. The lowest BCUT2D eigenvalue weighted by molar-refractivity contribution is 0.551. The number of furan rings is 1. The number of rotatable bonds is 1. The molecule has 202 valence electrons. The van der Waals surface area contributed by atoms with Crippen LogP contribution in [0.3, 0.4) is 0 Å². The average Bonchev–Trinajstić information content (AvgIpc) is 3.55. The Balaban J connectivity index is 1.23. The molecule has 0 amide bonds. The molecule has 1 aliphatic heterocycles. The molecule has 0 radical (unpaired) electrons. The van der Waals surface area contributed by atoms with Crippen molar-refractivity contribution in [1.29, 1.82) is 0 Å². The minimum absolute atomic E-state index is 0.0565. The summed E-state index contributed by atoms with van der Waals surface area (Å²) in [6.45, 7) is 2.36. The van der Waals surface area contributed by atoms with Crippen molar-refractivity contribution in [2.75, 3.05) is 4.90 Å². The van der Waals surface area contributed by atoms with E-state index in [0.29, 0.717) is 0 Å². The molecule has 2 atom stereocenters. The van der Waals surface area contributed by atoms with E-state index in [0.717, 1.165) is 21.9 Å². The number of hydrogen-bond donors (Lipinski definition) is 0. The molecule has 0 fully saturated rings. The largest absolute Gasteiger partial charge is 0.455 e. The van der Waals surface area contributed by atoms with E-state index in [2.05, 4.69) is 151 Å². The minimum atomic E-state index is -0.0565. The fourth-order valence-corrected chi connectivity index (χ4v) is 8.02. The summed E-state index contributed by atoms with van der Waals surface area (Å²) < 4.78 is 6.76. The van der Waals surface area contributed by atoms with Gasteiger partial charge < -0.3 is 9.32 Å². The molecule has 2 nitrogen and oxygen atoms in total. The van der Waals surface area contributed by atoms with Gasteiger partial charge in [0.25, 0.3) is 0 Å². The van der Waals surface area contributed by atoms with Gasteiger partial charge in [-0.05, 0) is 86.6 Å². The molecule has 0 spiro atoms. The summed E-state index contributed by atoms with van der Waals surface area (Å²) in [6.07, 6.45) is 9.07. The van der Waals surface area contributed by atoms with Crippen LogP contribution in [-0.4, -0.2) is 6.04 Å². The summed E-state index contributed by atoms with van der Waals surface area (Å²) in [4.78, 5) is 2.51. The van der Waals surface area contributed by atoms with Gasteiger partial charge in [-0.15, -0.1) is 0 Å². The van der Waals surface area contributed by atoms with E-state index >= 15 is 0 Å². The minimum Gasteiger partial charge on any atom is -0.455 e. The Hall–Kier alpha value is -5.34. The third kappa shape index (κ3) is 2.98. The predicted octanol–water partition coefficient (Wildman–Crippen LogP) is 11.1. The molecule has 1 aromatic heterocycles. The van der Waals surface area contributed by atoms with Gasteiger partial charge in [0.15, 0.2) is 0 Å². The van der Waals surface area contributed by atoms with E-state index in [-0.39, 0.29) is 11.5 Å². The van der Waals surface area contributed by atoms with Crippen molar-refractivity contribution in [3.63, 3.8) is 0 Å². The number of benzene rings is 7. The molecule has 2 aliphatic rings. The zero-order valence-corrected chi connectivity index (χ0v) is 23.7. The van der Waals surface area contributed by atoms with Crippen molar-refractivity contribution in [1.82, 2.24) is 0 Å². The second kappa shape index (κ2) is 8.14. The topological polar surface area (TPSA) is 16.4 Å². The second-order valence-electron chi connectivity index (χ2n) is 12.3. The molecule has 0 saturated heterocycles. The Morgan fingerprint density at radius 1 is 0.605 bits per heavy atom. The number of para-hydroxylation sites is 1. The van der Waals surface area contributed by atoms with Gasteiger partial charge in [0.1, 0.15) is 11.2 Å². The van der Waals surface area contributed by atoms with Crippen LogP contribution in [0.15, 0.2) is 144 Å². The molecule has 2 unspecified atom stereocenters. The first-order valence-corrected chi connectivity index (χ1v) is 15.1. The van der Waals surface area contributed by atoms with Crippen molar-refractivity contribution in [2.24, 2.45) is 0 Å². The Morgan fingerprint density at radius 3 is 2.14 bits per heavy atom. The molecule has 8 aromatic rings. The van der Waals surface area contributed by atoms with E-state index in [1.165, 1.54) is 60.0 Å². The Kier molecular flexibility index (Phi) is 4.40. The first-order chi connectivity index (χ1) is 21.2. The summed E-state index contributed by atoms with van der Waals surface area (Å²) in [5.74, 6) is 0. The number of anilines is 2. The quantitative estimate of drug-likeness (QED) is 0.189. The fourth-order valence-electron chi connectivity index (χ4n) is 8.02. The van der Waals surface area contributed by atoms with Crippen molar-refractivity contribution in [3.05, 3.63) is 145 Å². The molecule has 10 rings (SSSR count). The van der Waals surface area contributed by atoms with Gasteiger partial charge in [0.05, 0.1) is 6.04 Å². The Labute approximate surface area is 248 Å². The number of nitrogens with zero attached hydrogens (tertiary/aromatic N) is 1. The van der Waals surface area contributed by atoms with Gasteiger partial charge >= 0.3 is 0 Å². The van der Waals surface area contributed by atoms with Crippen LogP contribution >= 0.6 is 0 Å². The maximum absolute atomic E-state index is 6.76. The molecule has 43 heavy (non-hydrogen) atoms. The van der Waals surface area contributed by atoms with E-state index in [4.69, 9.17) is 4.42 Å². The molecule has 0 N–H and O–H groups in total. The molecule has 7 aromatic carbocycles. The van der Waals surface area contributed by atoms with Gasteiger partial charge in [0.2, 0.25) is 0 Å². The van der Waals surface area contributed by atoms with Crippen molar-refractivity contribution < 1.29 is 4.42 Å². The third-order valence-corrected chi connectivity index (χ3v) is 10.0. The molecule has 1 aliphatic carbocycles. The molecule has 0 saturated carbocycles. The number of fused-ring (bicyclic) bond motifs is 14. The van der Waals surface area contributed by atoms with Crippen LogP contribution in [0.4, 0.5) is 11.4 Å². The van der Waals surface area contributed by atoms with Crippen LogP contribution in [0.25, 0.3) is 65.0 Å². The number of allylic oxidation sites excluding steroid dienone is 2. The van der Waals surface area contributed by atoms with Crippen LogP contribution in [-0.2, 0) is 5.41 Å². The van der Waals surface area contributed by atoms with Gasteiger partial charge in [-0.25, -0.2) is 0 Å². The highest BCUT2D eigenvalue weighted by molar-refractivity contribution is 6.32. The highest BCUT2D eigenvalue weighted by Gasteiger charge is 2.46. The first-order valence-electron chi connectivity index (χ1n) is 15.1. The third-order valence-electron chi connectivity index (χ3n) is 10.0. The summed E-state index contributed by atoms with van der Waals surface area (Å²) in [7, 11) is 0. The highest BCUT2D eigenvalue weighted by atomic mass is 16.3. The second-order valence-corrected chi connectivity index (χ2v) is 12.3. The van der Waals surface area contributed by atoms with E-state index in [9.17, 15) is 0 Å². The average molecular weight is 550 g/mol. The van der Waals surface area contributed by atoms with Crippen LogP contribution in [0.5, 0.6) is 0 Å². The van der Waals surface area contributed by atoms with Crippen molar-refractivity contribution in [2.45, 2.75) is 18.4 Å². The zero-order chi connectivity index (χ0) is 28.3. The van der Waals surface area contributed by atoms with Crippen molar-refractivity contribution in [3.8, 4) is 0 Å².